The molecule has 2 rings (SSSR count). The maximum Gasteiger partial charge on any atom is 0.323 e. The molecule has 106 valence electrons. The van der Waals surface area contributed by atoms with Crippen molar-refractivity contribution >= 4 is 22.5 Å². The molecule has 2 amide bonds. The summed E-state index contributed by atoms with van der Waals surface area (Å²) in [4.78, 5) is 18.7. The molecular formula is C14H17N3O2S. The SMILES string of the molecule is CCN(CCO)C(=O)Nc1ncc(-c2ccccc2)s1. The van der Waals surface area contributed by atoms with Gasteiger partial charge in [-0.05, 0) is 12.5 Å². The normalized spacial score (nSPS) is 10.3. The minimum atomic E-state index is -0.240. The third-order valence-corrected chi connectivity index (χ3v) is 3.78. The highest BCUT2D eigenvalue weighted by Crippen LogP contribution is 2.28. The topological polar surface area (TPSA) is 65.5 Å². The Morgan fingerprint density at radius 1 is 1.40 bits per heavy atom. The van der Waals surface area contributed by atoms with E-state index in [9.17, 15) is 4.79 Å². The second-order valence-electron chi connectivity index (χ2n) is 4.13. The number of hydrogen-bond acceptors (Lipinski definition) is 4. The van der Waals surface area contributed by atoms with Crippen LogP contribution in [0.1, 0.15) is 6.92 Å². The van der Waals surface area contributed by atoms with Gasteiger partial charge in [0.1, 0.15) is 0 Å². The van der Waals surface area contributed by atoms with Crippen LogP contribution >= 0.6 is 11.3 Å². The molecule has 1 aromatic carbocycles. The van der Waals surface area contributed by atoms with Gasteiger partial charge in [0.15, 0.2) is 5.13 Å². The number of rotatable bonds is 5. The van der Waals surface area contributed by atoms with E-state index in [1.807, 2.05) is 37.3 Å². The van der Waals surface area contributed by atoms with Crippen LogP contribution in [0.4, 0.5) is 9.93 Å². The molecule has 0 unspecified atom stereocenters. The molecule has 0 aliphatic carbocycles. The van der Waals surface area contributed by atoms with Gasteiger partial charge in [0.2, 0.25) is 0 Å². The molecule has 0 bridgehead atoms. The number of nitrogens with one attached hydrogen (secondary N) is 1. The van der Waals surface area contributed by atoms with Gasteiger partial charge in [-0.25, -0.2) is 9.78 Å². The van der Waals surface area contributed by atoms with Gasteiger partial charge >= 0.3 is 6.03 Å². The van der Waals surface area contributed by atoms with Gasteiger partial charge in [-0.15, -0.1) is 0 Å². The highest BCUT2D eigenvalue weighted by Gasteiger charge is 2.13. The number of likely N-dealkylation sites (N-methyl/N-ethyl adjacent to an activating group) is 1. The van der Waals surface area contributed by atoms with Gasteiger partial charge in [-0.2, -0.15) is 0 Å². The molecule has 6 heteroatoms. The lowest BCUT2D eigenvalue weighted by atomic mass is 10.2. The van der Waals surface area contributed by atoms with Crippen LogP contribution in [-0.2, 0) is 0 Å². The van der Waals surface area contributed by atoms with E-state index in [-0.39, 0.29) is 12.6 Å². The largest absolute Gasteiger partial charge is 0.395 e. The Kier molecular flexibility index (Phi) is 5.09. The third kappa shape index (κ3) is 3.55. The zero-order valence-corrected chi connectivity index (χ0v) is 12.1. The van der Waals surface area contributed by atoms with Crippen LogP contribution in [0.25, 0.3) is 10.4 Å². The van der Waals surface area contributed by atoms with Crippen molar-refractivity contribution in [2.24, 2.45) is 0 Å². The molecule has 0 spiro atoms. The van der Waals surface area contributed by atoms with E-state index in [1.165, 1.54) is 16.2 Å². The number of aliphatic hydroxyl groups excluding tert-OH is 1. The Labute approximate surface area is 121 Å². The fourth-order valence-corrected chi connectivity index (χ4v) is 2.57. The first-order valence-corrected chi connectivity index (χ1v) is 7.24. The average molecular weight is 291 g/mol. The molecule has 0 radical (unpaired) electrons. The van der Waals surface area contributed by atoms with E-state index >= 15 is 0 Å². The number of urea groups is 1. The monoisotopic (exact) mass is 291 g/mol. The van der Waals surface area contributed by atoms with Crippen molar-refractivity contribution in [3.63, 3.8) is 0 Å². The minimum absolute atomic E-state index is 0.0472. The van der Waals surface area contributed by atoms with Gasteiger partial charge < -0.3 is 10.0 Å². The molecule has 0 aliphatic rings. The van der Waals surface area contributed by atoms with E-state index in [0.717, 1.165) is 10.4 Å². The van der Waals surface area contributed by atoms with Crippen molar-refractivity contribution in [2.75, 3.05) is 25.0 Å². The Bertz CT molecular complexity index is 557. The Balaban J connectivity index is 2.04. The van der Waals surface area contributed by atoms with Crippen LogP contribution in [0, 0.1) is 0 Å². The Morgan fingerprint density at radius 2 is 2.15 bits per heavy atom. The fraction of sp³-hybridized carbons (Fsp3) is 0.286. The zero-order chi connectivity index (χ0) is 14.4. The van der Waals surface area contributed by atoms with Crippen molar-refractivity contribution < 1.29 is 9.90 Å². The van der Waals surface area contributed by atoms with Gasteiger partial charge in [0.05, 0.1) is 11.5 Å². The first-order valence-electron chi connectivity index (χ1n) is 6.42. The highest BCUT2D eigenvalue weighted by molar-refractivity contribution is 7.19. The number of carbonyl (C=O) groups excluding carboxylic acids is 1. The lowest BCUT2D eigenvalue weighted by Crippen LogP contribution is -2.36. The van der Waals surface area contributed by atoms with Crippen LogP contribution in [0.15, 0.2) is 36.5 Å². The number of amides is 2. The molecule has 0 atom stereocenters. The average Bonchev–Trinajstić information content (AvgIpc) is 2.94. The number of aliphatic hydroxyl groups is 1. The molecule has 0 saturated carbocycles. The van der Waals surface area contributed by atoms with E-state index < -0.39 is 0 Å². The lowest BCUT2D eigenvalue weighted by molar-refractivity contribution is 0.192. The molecular weight excluding hydrogens is 274 g/mol. The number of hydrogen-bond donors (Lipinski definition) is 2. The summed E-state index contributed by atoms with van der Waals surface area (Å²) in [6.07, 6.45) is 1.75. The molecule has 2 N–H and O–H groups in total. The second kappa shape index (κ2) is 7.02. The lowest BCUT2D eigenvalue weighted by Gasteiger charge is -2.19. The van der Waals surface area contributed by atoms with E-state index in [2.05, 4.69) is 10.3 Å². The zero-order valence-electron chi connectivity index (χ0n) is 11.2. The van der Waals surface area contributed by atoms with Crippen LogP contribution in [-0.4, -0.2) is 40.7 Å². The highest BCUT2D eigenvalue weighted by atomic mass is 32.1. The summed E-state index contributed by atoms with van der Waals surface area (Å²) in [5.41, 5.74) is 1.08. The van der Waals surface area contributed by atoms with Gasteiger partial charge in [0, 0.05) is 19.3 Å². The molecule has 1 aromatic heterocycles. The Morgan fingerprint density at radius 3 is 2.80 bits per heavy atom. The first kappa shape index (κ1) is 14.5. The number of nitrogens with zero attached hydrogens (tertiary/aromatic N) is 2. The molecule has 2 aromatic rings. The summed E-state index contributed by atoms with van der Waals surface area (Å²) >= 11 is 1.43. The first-order chi connectivity index (χ1) is 9.74. The number of aromatic nitrogens is 1. The molecule has 0 saturated heterocycles. The van der Waals surface area contributed by atoms with E-state index in [1.54, 1.807) is 6.20 Å². The van der Waals surface area contributed by atoms with Crippen molar-refractivity contribution in [1.82, 2.24) is 9.88 Å². The van der Waals surface area contributed by atoms with Gasteiger partial charge in [-0.1, -0.05) is 41.7 Å². The van der Waals surface area contributed by atoms with Gasteiger partial charge in [-0.3, -0.25) is 5.32 Å². The maximum atomic E-state index is 11.9. The van der Waals surface area contributed by atoms with Crippen molar-refractivity contribution in [3.05, 3.63) is 36.5 Å². The Hall–Kier alpha value is -1.92. The van der Waals surface area contributed by atoms with Crippen LogP contribution in [0.2, 0.25) is 0 Å². The summed E-state index contributed by atoms with van der Waals surface area (Å²) < 4.78 is 0. The van der Waals surface area contributed by atoms with Crippen LogP contribution < -0.4 is 5.32 Å². The number of benzene rings is 1. The standard InChI is InChI=1S/C14H17N3O2S/c1-2-17(8-9-18)14(19)16-13-15-10-12(20-13)11-6-4-3-5-7-11/h3-7,10,18H,2,8-9H2,1H3,(H,15,16,19). The number of thiazole rings is 1. The number of carbonyl (C=O) groups is 1. The fourth-order valence-electron chi connectivity index (χ4n) is 1.76. The van der Waals surface area contributed by atoms with Crippen molar-refractivity contribution in [3.8, 4) is 10.4 Å². The third-order valence-electron chi connectivity index (χ3n) is 2.82. The number of anilines is 1. The summed E-state index contributed by atoms with van der Waals surface area (Å²) in [6, 6.07) is 9.66. The smallest absolute Gasteiger partial charge is 0.323 e. The van der Waals surface area contributed by atoms with Crippen LogP contribution in [0.5, 0.6) is 0 Å². The van der Waals surface area contributed by atoms with Crippen molar-refractivity contribution in [1.29, 1.82) is 0 Å². The summed E-state index contributed by atoms with van der Waals surface area (Å²) in [5, 5.41) is 12.2. The summed E-state index contributed by atoms with van der Waals surface area (Å²) in [6.45, 7) is 2.68. The second-order valence-corrected chi connectivity index (χ2v) is 5.16. The quantitative estimate of drug-likeness (QED) is 0.890. The predicted molar refractivity (Wildman–Crippen MR) is 80.9 cm³/mol. The summed E-state index contributed by atoms with van der Waals surface area (Å²) in [5.74, 6) is 0. The maximum absolute atomic E-state index is 11.9. The molecule has 1 heterocycles. The molecule has 0 aliphatic heterocycles. The van der Waals surface area contributed by atoms with E-state index in [0.29, 0.717) is 18.2 Å². The van der Waals surface area contributed by atoms with E-state index in [4.69, 9.17) is 5.11 Å². The minimum Gasteiger partial charge on any atom is -0.395 e. The molecule has 20 heavy (non-hydrogen) atoms. The van der Waals surface area contributed by atoms with Crippen molar-refractivity contribution in [2.45, 2.75) is 6.92 Å². The summed E-state index contributed by atoms with van der Waals surface area (Å²) in [7, 11) is 0. The van der Waals surface area contributed by atoms with Gasteiger partial charge in [0.25, 0.3) is 0 Å². The molecule has 5 nitrogen and oxygen atoms in total. The molecule has 0 fully saturated rings. The predicted octanol–water partition coefficient (Wildman–Crippen LogP) is 2.66. The van der Waals surface area contributed by atoms with Crippen LogP contribution in [0.3, 0.4) is 0 Å².